The summed E-state index contributed by atoms with van der Waals surface area (Å²) in [5.41, 5.74) is -0.786. The molecule has 0 aromatic carbocycles. The van der Waals surface area contributed by atoms with E-state index in [0.717, 1.165) is 6.54 Å². The lowest BCUT2D eigenvalue weighted by molar-refractivity contribution is -0.237. The minimum atomic E-state index is -0.927. The summed E-state index contributed by atoms with van der Waals surface area (Å²) in [5, 5.41) is 17.5. The standard InChI is InChI=1S/C15H25N3O3/c1-5-18-9-11(8-17-18)13(19)16-10-15(20)7-12(21-6-2)14(15,3)4/h8-9,12,20H,5-7,10H2,1-4H3,(H,16,19)/t12-,15+/m0/s1. The second-order valence-corrected chi connectivity index (χ2v) is 6.17. The Morgan fingerprint density at radius 1 is 1.57 bits per heavy atom. The van der Waals surface area contributed by atoms with Gasteiger partial charge in [-0.15, -0.1) is 0 Å². The van der Waals surface area contributed by atoms with Gasteiger partial charge in [0, 0.05) is 37.7 Å². The van der Waals surface area contributed by atoms with E-state index in [1.807, 2.05) is 27.7 Å². The number of ether oxygens (including phenoxy) is 1. The van der Waals surface area contributed by atoms with Crippen molar-refractivity contribution in [3.05, 3.63) is 18.0 Å². The van der Waals surface area contributed by atoms with Crippen LogP contribution in [0.25, 0.3) is 0 Å². The number of amides is 1. The minimum absolute atomic E-state index is 0.0345. The van der Waals surface area contributed by atoms with E-state index >= 15 is 0 Å². The molecule has 2 atom stereocenters. The highest BCUT2D eigenvalue weighted by Gasteiger charge is 2.59. The van der Waals surface area contributed by atoms with Crippen molar-refractivity contribution in [1.82, 2.24) is 15.1 Å². The fourth-order valence-electron chi connectivity index (χ4n) is 2.74. The van der Waals surface area contributed by atoms with Crippen LogP contribution in [0.15, 0.2) is 12.4 Å². The molecule has 1 amide bonds. The highest BCUT2D eigenvalue weighted by Crippen LogP contribution is 2.50. The van der Waals surface area contributed by atoms with Crippen molar-refractivity contribution in [2.75, 3.05) is 13.2 Å². The summed E-state index contributed by atoms with van der Waals surface area (Å²) in [6.07, 6.45) is 3.82. The predicted molar refractivity (Wildman–Crippen MR) is 79.0 cm³/mol. The molecule has 21 heavy (non-hydrogen) atoms. The van der Waals surface area contributed by atoms with E-state index in [4.69, 9.17) is 4.74 Å². The molecule has 0 saturated heterocycles. The van der Waals surface area contributed by atoms with Gasteiger partial charge in [0.05, 0.1) is 23.5 Å². The normalized spacial score (nSPS) is 27.2. The van der Waals surface area contributed by atoms with Crippen LogP contribution < -0.4 is 5.32 Å². The van der Waals surface area contributed by atoms with Gasteiger partial charge in [-0.2, -0.15) is 5.10 Å². The molecule has 1 aliphatic rings. The molecule has 2 rings (SSSR count). The fourth-order valence-corrected chi connectivity index (χ4v) is 2.74. The van der Waals surface area contributed by atoms with Crippen LogP contribution in [0.5, 0.6) is 0 Å². The van der Waals surface area contributed by atoms with Crippen LogP contribution >= 0.6 is 0 Å². The number of carbonyl (C=O) groups excluding carboxylic acids is 1. The summed E-state index contributed by atoms with van der Waals surface area (Å²) in [6.45, 7) is 9.42. The number of carbonyl (C=O) groups is 1. The maximum atomic E-state index is 12.1. The van der Waals surface area contributed by atoms with Crippen molar-refractivity contribution in [2.24, 2.45) is 5.41 Å². The van der Waals surface area contributed by atoms with Crippen LogP contribution in [0.1, 0.15) is 44.5 Å². The maximum absolute atomic E-state index is 12.1. The first-order chi connectivity index (χ1) is 9.84. The molecule has 1 aliphatic carbocycles. The smallest absolute Gasteiger partial charge is 0.254 e. The Morgan fingerprint density at radius 3 is 2.81 bits per heavy atom. The quantitative estimate of drug-likeness (QED) is 0.827. The van der Waals surface area contributed by atoms with Crippen LogP contribution in [0, 0.1) is 5.41 Å². The molecular weight excluding hydrogens is 270 g/mol. The summed E-state index contributed by atoms with van der Waals surface area (Å²) in [7, 11) is 0. The third kappa shape index (κ3) is 2.82. The summed E-state index contributed by atoms with van der Waals surface area (Å²) in [6, 6.07) is 0. The van der Waals surface area contributed by atoms with Crippen LogP contribution in [0.2, 0.25) is 0 Å². The van der Waals surface area contributed by atoms with Gasteiger partial charge in [0.2, 0.25) is 0 Å². The molecule has 0 unspecified atom stereocenters. The van der Waals surface area contributed by atoms with Crippen molar-refractivity contribution >= 4 is 5.91 Å². The van der Waals surface area contributed by atoms with Crippen LogP contribution in [-0.2, 0) is 11.3 Å². The molecule has 118 valence electrons. The molecule has 1 fully saturated rings. The van der Waals surface area contributed by atoms with Crippen LogP contribution in [0.4, 0.5) is 0 Å². The SMILES string of the molecule is CCO[C@H]1C[C@@](O)(CNC(=O)c2cnn(CC)c2)C1(C)C. The van der Waals surface area contributed by atoms with Gasteiger partial charge in [-0.1, -0.05) is 13.8 Å². The average Bonchev–Trinajstić information content (AvgIpc) is 2.93. The van der Waals surface area contributed by atoms with Crippen molar-refractivity contribution in [1.29, 1.82) is 0 Å². The number of nitrogens with zero attached hydrogens (tertiary/aromatic N) is 2. The van der Waals surface area contributed by atoms with E-state index < -0.39 is 5.60 Å². The third-order valence-corrected chi connectivity index (χ3v) is 4.66. The number of aliphatic hydroxyl groups is 1. The summed E-state index contributed by atoms with van der Waals surface area (Å²) < 4.78 is 7.31. The monoisotopic (exact) mass is 295 g/mol. The zero-order valence-corrected chi connectivity index (χ0v) is 13.2. The fraction of sp³-hybridized carbons (Fsp3) is 0.733. The molecular formula is C15H25N3O3. The lowest BCUT2D eigenvalue weighted by atomic mass is 9.56. The Labute approximate surface area is 125 Å². The van der Waals surface area contributed by atoms with E-state index in [-0.39, 0.29) is 24.0 Å². The van der Waals surface area contributed by atoms with E-state index in [1.165, 1.54) is 6.20 Å². The highest BCUT2D eigenvalue weighted by atomic mass is 16.5. The number of nitrogens with one attached hydrogen (secondary N) is 1. The Kier molecular flexibility index (Phi) is 4.39. The molecule has 6 heteroatoms. The molecule has 0 spiro atoms. The van der Waals surface area contributed by atoms with Crippen molar-refractivity contribution in [3.63, 3.8) is 0 Å². The molecule has 1 aromatic heterocycles. The Balaban J connectivity index is 1.92. The lowest BCUT2D eigenvalue weighted by Crippen LogP contribution is -2.68. The van der Waals surface area contributed by atoms with Gasteiger partial charge in [-0.25, -0.2) is 0 Å². The number of aromatic nitrogens is 2. The van der Waals surface area contributed by atoms with Crippen molar-refractivity contribution < 1.29 is 14.6 Å². The molecule has 1 saturated carbocycles. The minimum Gasteiger partial charge on any atom is -0.387 e. The highest BCUT2D eigenvalue weighted by molar-refractivity contribution is 5.93. The average molecular weight is 295 g/mol. The van der Waals surface area contributed by atoms with E-state index in [1.54, 1.807) is 10.9 Å². The molecule has 6 nitrogen and oxygen atoms in total. The molecule has 0 bridgehead atoms. The molecule has 0 radical (unpaired) electrons. The second-order valence-electron chi connectivity index (χ2n) is 6.17. The molecule has 2 N–H and O–H groups in total. The zero-order chi connectivity index (χ0) is 15.7. The summed E-state index contributed by atoms with van der Waals surface area (Å²) in [5.74, 6) is -0.209. The number of rotatable bonds is 6. The van der Waals surface area contributed by atoms with Gasteiger partial charge in [0.15, 0.2) is 0 Å². The topological polar surface area (TPSA) is 76.4 Å². The maximum Gasteiger partial charge on any atom is 0.254 e. The Morgan fingerprint density at radius 2 is 2.29 bits per heavy atom. The molecule has 1 aromatic rings. The zero-order valence-electron chi connectivity index (χ0n) is 13.2. The van der Waals surface area contributed by atoms with Crippen LogP contribution in [0.3, 0.4) is 0 Å². The van der Waals surface area contributed by atoms with Gasteiger partial charge in [0.1, 0.15) is 0 Å². The van der Waals surface area contributed by atoms with E-state index in [0.29, 0.717) is 18.6 Å². The Hall–Kier alpha value is -1.40. The lowest BCUT2D eigenvalue weighted by Gasteiger charge is -2.57. The molecule has 1 heterocycles. The first-order valence-corrected chi connectivity index (χ1v) is 7.48. The van der Waals surface area contributed by atoms with Gasteiger partial charge in [-0.3, -0.25) is 9.48 Å². The Bertz CT molecular complexity index is 512. The van der Waals surface area contributed by atoms with Gasteiger partial charge in [0.25, 0.3) is 5.91 Å². The summed E-state index contributed by atoms with van der Waals surface area (Å²) in [4.78, 5) is 12.1. The number of aryl methyl sites for hydroxylation is 1. The van der Waals surface area contributed by atoms with Gasteiger partial charge >= 0.3 is 0 Å². The second kappa shape index (κ2) is 5.77. The van der Waals surface area contributed by atoms with E-state index in [9.17, 15) is 9.90 Å². The summed E-state index contributed by atoms with van der Waals surface area (Å²) >= 11 is 0. The largest absolute Gasteiger partial charge is 0.387 e. The molecule has 0 aliphatic heterocycles. The van der Waals surface area contributed by atoms with E-state index in [2.05, 4.69) is 10.4 Å². The van der Waals surface area contributed by atoms with Crippen LogP contribution in [-0.4, -0.2) is 45.7 Å². The third-order valence-electron chi connectivity index (χ3n) is 4.66. The van der Waals surface area contributed by atoms with Crippen molar-refractivity contribution in [3.8, 4) is 0 Å². The first-order valence-electron chi connectivity index (χ1n) is 7.48. The predicted octanol–water partition coefficient (Wildman–Crippen LogP) is 1.20. The first kappa shape index (κ1) is 16.0. The number of hydrogen-bond donors (Lipinski definition) is 2. The van der Waals surface area contributed by atoms with Crippen molar-refractivity contribution in [2.45, 2.75) is 52.4 Å². The number of hydrogen-bond acceptors (Lipinski definition) is 4. The van der Waals surface area contributed by atoms with Gasteiger partial charge < -0.3 is 15.2 Å². The van der Waals surface area contributed by atoms with Gasteiger partial charge in [-0.05, 0) is 13.8 Å².